The standard InChI is InChI=1S/C28H30N4/c1-3-4-10-27-31-18-20(2)32(27)19-21-11-13-23(14-12-21)26-17-24(15-16-25(26)28(29)30)22-8-6-5-7-9-22/h5-9,11-18H,3-4,10,19H2,1-2H3,(H3,29,30). The number of hydrogen-bond acceptors (Lipinski definition) is 2. The van der Waals surface area contributed by atoms with Crippen LogP contribution < -0.4 is 5.73 Å². The Labute approximate surface area is 190 Å². The van der Waals surface area contributed by atoms with Gasteiger partial charge in [0.1, 0.15) is 11.7 Å². The van der Waals surface area contributed by atoms with Crippen LogP contribution in [0.2, 0.25) is 0 Å². The van der Waals surface area contributed by atoms with Gasteiger partial charge in [-0.2, -0.15) is 0 Å². The third kappa shape index (κ3) is 4.65. The second kappa shape index (κ2) is 9.65. The van der Waals surface area contributed by atoms with Gasteiger partial charge < -0.3 is 10.3 Å². The SMILES string of the molecule is CCCCc1ncc(C)n1Cc1ccc(-c2cc(-c3ccccc3)ccc2C(=N)N)cc1. The van der Waals surface area contributed by atoms with E-state index in [1.165, 1.54) is 17.7 Å². The summed E-state index contributed by atoms with van der Waals surface area (Å²) >= 11 is 0. The van der Waals surface area contributed by atoms with Crippen molar-refractivity contribution >= 4 is 5.84 Å². The van der Waals surface area contributed by atoms with Crippen molar-refractivity contribution in [3.8, 4) is 22.3 Å². The van der Waals surface area contributed by atoms with E-state index in [2.05, 4.69) is 65.9 Å². The van der Waals surface area contributed by atoms with Crippen molar-refractivity contribution in [3.05, 3.63) is 102 Å². The van der Waals surface area contributed by atoms with Gasteiger partial charge in [-0.05, 0) is 47.2 Å². The maximum absolute atomic E-state index is 8.04. The smallest absolute Gasteiger partial charge is 0.123 e. The van der Waals surface area contributed by atoms with Crippen LogP contribution >= 0.6 is 0 Å². The summed E-state index contributed by atoms with van der Waals surface area (Å²) in [7, 11) is 0. The molecule has 32 heavy (non-hydrogen) atoms. The summed E-state index contributed by atoms with van der Waals surface area (Å²) in [4.78, 5) is 4.61. The lowest BCUT2D eigenvalue weighted by Crippen LogP contribution is -2.12. The van der Waals surface area contributed by atoms with E-state index in [1.54, 1.807) is 0 Å². The van der Waals surface area contributed by atoms with Gasteiger partial charge in [-0.25, -0.2) is 4.98 Å². The average molecular weight is 423 g/mol. The highest BCUT2D eigenvalue weighted by Crippen LogP contribution is 2.30. The molecule has 4 nitrogen and oxygen atoms in total. The Balaban J connectivity index is 1.64. The second-order valence-corrected chi connectivity index (χ2v) is 8.24. The van der Waals surface area contributed by atoms with E-state index in [-0.39, 0.29) is 5.84 Å². The first-order valence-electron chi connectivity index (χ1n) is 11.2. The molecule has 0 fully saturated rings. The van der Waals surface area contributed by atoms with Gasteiger partial charge in [-0.1, -0.05) is 80.1 Å². The molecule has 0 amide bonds. The highest BCUT2D eigenvalue weighted by atomic mass is 15.1. The molecule has 4 heteroatoms. The lowest BCUT2D eigenvalue weighted by Gasteiger charge is -2.14. The minimum atomic E-state index is 0.0818. The molecular formula is C28H30N4. The summed E-state index contributed by atoms with van der Waals surface area (Å²) in [6.07, 6.45) is 5.30. The largest absolute Gasteiger partial charge is 0.384 e. The minimum Gasteiger partial charge on any atom is -0.384 e. The van der Waals surface area contributed by atoms with Crippen molar-refractivity contribution in [1.82, 2.24) is 9.55 Å². The quantitative estimate of drug-likeness (QED) is 0.262. The Hall–Kier alpha value is -3.66. The molecule has 0 radical (unpaired) electrons. The van der Waals surface area contributed by atoms with Crippen LogP contribution in [0, 0.1) is 12.3 Å². The molecule has 1 aromatic heterocycles. The molecule has 4 aromatic rings. The van der Waals surface area contributed by atoms with Crippen LogP contribution in [0.4, 0.5) is 0 Å². The maximum Gasteiger partial charge on any atom is 0.123 e. The zero-order valence-electron chi connectivity index (χ0n) is 18.8. The van der Waals surface area contributed by atoms with Gasteiger partial charge in [-0.15, -0.1) is 0 Å². The number of aromatic nitrogens is 2. The first-order chi connectivity index (χ1) is 15.6. The number of benzene rings is 3. The molecule has 0 unspecified atom stereocenters. The van der Waals surface area contributed by atoms with Gasteiger partial charge in [0, 0.05) is 30.4 Å². The number of nitrogens with zero attached hydrogens (tertiary/aromatic N) is 2. The molecule has 3 N–H and O–H groups in total. The molecule has 162 valence electrons. The van der Waals surface area contributed by atoms with Crippen LogP contribution in [0.1, 0.15) is 42.4 Å². The van der Waals surface area contributed by atoms with E-state index in [1.807, 2.05) is 36.5 Å². The first-order valence-corrected chi connectivity index (χ1v) is 11.2. The fourth-order valence-electron chi connectivity index (χ4n) is 4.06. The molecule has 0 atom stereocenters. The number of nitrogens with two attached hydrogens (primary N) is 1. The monoisotopic (exact) mass is 422 g/mol. The van der Waals surface area contributed by atoms with Crippen molar-refractivity contribution in [2.45, 2.75) is 39.7 Å². The van der Waals surface area contributed by atoms with E-state index in [0.29, 0.717) is 0 Å². The van der Waals surface area contributed by atoms with Crippen LogP contribution in [-0.2, 0) is 13.0 Å². The molecule has 0 aliphatic heterocycles. The summed E-state index contributed by atoms with van der Waals surface area (Å²) in [6.45, 7) is 5.14. The molecule has 0 aliphatic rings. The van der Waals surface area contributed by atoms with E-state index in [9.17, 15) is 0 Å². The first kappa shape index (κ1) is 21.6. The molecule has 0 spiro atoms. The topological polar surface area (TPSA) is 67.7 Å². The van der Waals surface area contributed by atoms with Crippen molar-refractivity contribution in [2.24, 2.45) is 5.73 Å². The number of amidine groups is 1. The van der Waals surface area contributed by atoms with Gasteiger partial charge in [0.15, 0.2) is 0 Å². The third-order valence-electron chi connectivity index (χ3n) is 5.91. The summed E-state index contributed by atoms with van der Waals surface area (Å²) in [5, 5.41) is 8.04. The lowest BCUT2D eigenvalue weighted by atomic mass is 9.93. The Morgan fingerprint density at radius 1 is 0.938 bits per heavy atom. The van der Waals surface area contributed by atoms with Crippen LogP contribution in [-0.4, -0.2) is 15.4 Å². The fraction of sp³-hybridized carbons (Fsp3) is 0.214. The van der Waals surface area contributed by atoms with Gasteiger partial charge in [0.05, 0.1) is 0 Å². The van der Waals surface area contributed by atoms with Gasteiger partial charge in [0.25, 0.3) is 0 Å². The molecule has 4 rings (SSSR count). The Bertz CT molecular complexity index is 1200. The number of imidazole rings is 1. The molecule has 0 saturated carbocycles. The number of unbranched alkanes of at least 4 members (excludes halogenated alkanes) is 1. The van der Waals surface area contributed by atoms with Crippen LogP contribution in [0.5, 0.6) is 0 Å². The van der Waals surface area contributed by atoms with Crippen LogP contribution in [0.3, 0.4) is 0 Å². The van der Waals surface area contributed by atoms with E-state index in [0.717, 1.165) is 53.0 Å². The van der Waals surface area contributed by atoms with Crippen molar-refractivity contribution in [2.75, 3.05) is 0 Å². The van der Waals surface area contributed by atoms with E-state index >= 15 is 0 Å². The van der Waals surface area contributed by atoms with E-state index in [4.69, 9.17) is 11.1 Å². The Morgan fingerprint density at radius 3 is 2.34 bits per heavy atom. The Morgan fingerprint density at radius 2 is 1.66 bits per heavy atom. The number of nitrogens with one attached hydrogen (secondary N) is 1. The van der Waals surface area contributed by atoms with E-state index < -0.39 is 0 Å². The maximum atomic E-state index is 8.04. The summed E-state index contributed by atoms with van der Waals surface area (Å²) < 4.78 is 2.31. The van der Waals surface area contributed by atoms with Gasteiger partial charge in [-0.3, -0.25) is 5.41 Å². The molecule has 0 aliphatic carbocycles. The van der Waals surface area contributed by atoms with Crippen molar-refractivity contribution in [1.29, 1.82) is 5.41 Å². The fourth-order valence-corrected chi connectivity index (χ4v) is 4.06. The predicted octanol–water partition coefficient (Wildman–Crippen LogP) is 6.20. The van der Waals surface area contributed by atoms with Crippen molar-refractivity contribution in [3.63, 3.8) is 0 Å². The molecule has 3 aromatic carbocycles. The summed E-state index contributed by atoms with van der Waals surface area (Å²) in [6, 6.07) is 25.0. The molecule has 0 saturated heterocycles. The average Bonchev–Trinajstić information content (AvgIpc) is 3.17. The van der Waals surface area contributed by atoms with Crippen LogP contribution in [0.25, 0.3) is 22.3 Å². The number of nitrogen functional groups attached to an aromatic ring is 1. The minimum absolute atomic E-state index is 0.0818. The summed E-state index contributed by atoms with van der Waals surface area (Å²) in [5.41, 5.74) is 13.4. The highest BCUT2D eigenvalue weighted by molar-refractivity contribution is 6.02. The zero-order valence-corrected chi connectivity index (χ0v) is 18.8. The molecular weight excluding hydrogens is 392 g/mol. The highest BCUT2D eigenvalue weighted by Gasteiger charge is 2.11. The normalized spacial score (nSPS) is 10.9. The Kier molecular flexibility index (Phi) is 6.50. The zero-order chi connectivity index (χ0) is 22.5. The van der Waals surface area contributed by atoms with Crippen LogP contribution in [0.15, 0.2) is 79.0 Å². The third-order valence-corrected chi connectivity index (χ3v) is 5.91. The van der Waals surface area contributed by atoms with Gasteiger partial charge in [0.2, 0.25) is 0 Å². The second-order valence-electron chi connectivity index (χ2n) is 8.24. The van der Waals surface area contributed by atoms with Gasteiger partial charge >= 0.3 is 0 Å². The lowest BCUT2D eigenvalue weighted by molar-refractivity contribution is 0.667. The number of aryl methyl sites for hydroxylation is 2. The predicted molar refractivity (Wildman–Crippen MR) is 133 cm³/mol. The number of rotatable bonds is 8. The molecule has 1 heterocycles. The number of hydrogen-bond donors (Lipinski definition) is 2. The van der Waals surface area contributed by atoms with Crippen molar-refractivity contribution < 1.29 is 0 Å². The summed E-state index contributed by atoms with van der Waals surface area (Å²) in [5.74, 6) is 1.24. The molecule has 0 bridgehead atoms.